The molecular formula is C28H29F4N5O2. The van der Waals surface area contributed by atoms with Crippen LogP contribution in [0.4, 0.5) is 23.2 Å². The third-order valence-corrected chi connectivity index (χ3v) is 8.31. The molecule has 1 amide bonds. The number of carbonyl (C=O) groups excluding carboxylic acids is 1. The summed E-state index contributed by atoms with van der Waals surface area (Å²) in [5.41, 5.74) is -0.892. The van der Waals surface area contributed by atoms with Gasteiger partial charge in [-0.05, 0) is 66.6 Å². The second-order valence-corrected chi connectivity index (χ2v) is 11.0. The predicted molar refractivity (Wildman–Crippen MR) is 135 cm³/mol. The summed E-state index contributed by atoms with van der Waals surface area (Å²) in [6, 6.07) is 9.91. The largest absolute Gasteiger partial charge is 0.416 e. The van der Waals surface area contributed by atoms with Crippen molar-refractivity contribution in [2.24, 2.45) is 7.05 Å². The van der Waals surface area contributed by atoms with Crippen LogP contribution in [0.3, 0.4) is 0 Å². The minimum absolute atomic E-state index is 0.0273. The van der Waals surface area contributed by atoms with Crippen LogP contribution in [0.5, 0.6) is 0 Å². The third-order valence-electron chi connectivity index (χ3n) is 8.31. The number of amides is 1. The van der Waals surface area contributed by atoms with Crippen LogP contribution >= 0.6 is 0 Å². The summed E-state index contributed by atoms with van der Waals surface area (Å²) in [6.07, 6.45) is -0.720. The first-order chi connectivity index (χ1) is 18.5. The van der Waals surface area contributed by atoms with Gasteiger partial charge in [0.2, 0.25) is 0 Å². The van der Waals surface area contributed by atoms with Gasteiger partial charge in [0.1, 0.15) is 17.8 Å². The Morgan fingerprint density at radius 2 is 1.95 bits per heavy atom. The molecule has 2 aliphatic carbocycles. The minimum Gasteiger partial charge on any atom is -0.381 e. The van der Waals surface area contributed by atoms with Gasteiger partial charge in [-0.15, -0.1) is 10.2 Å². The molecule has 1 aromatic heterocycles. The highest BCUT2D eigenvalue weighted by Crippen LogP contribution is 2.50. The first-order valence-electron chi connectivity index (χ1n) is 13.0. The molecule has 6 rings (SSSR count). The van der Waals surface area contributed by atoms with Crippen LogP contribution in [0, 0.1) is 0 Å². The predicted octanol–water partition coefficient (Wildman–Crippen LogP) is 4.68. The van der Waals surface area contributed by atoms with Crippen LogP contribution in [0.2, 0.25) is 0 Å². The summed E-state index contributed by atoms with van der Waals surface area (Å²) < 4.78 is 63.7. The maximum atomic E-state index is 14.1. The second kappa shape index (κ2) is 9.12. The first-order valence-corrected chi connectivity index (χ1v) is 13.0. The summed E-state index contributed by atoms with van der Waals surface area (Å²) >= 11 is 0. The lowest BCUT2D eigenvalue weighted by atomic mass is 9.62. The van der Waals surface area contributed by atoms with E-state index in [9.17, 15) is 22.4 Å². The zero-order valence-corrected chi connectivity index (χ0v) is 21.7. The molecule has 7 nitrogen and oxygen atoms in total. The van der Waals surface area contributed by atoms with Crippen molar-refractivity contribution in [3.05, 3.63) is 76.4 Å². The van der Waals surface area contributed by atoms with E-state index in [1.807, 2.05) is 29.8 Å². The van der Waals surface area contributed by atoms with Gasteiger partial charge >= 0.3 is 6.18 Å². The van der Waals surface area contributed by atoms with Crippen molar-refractivity contribution >= 4 is 11.6 Å². The van der Waals surface area contributed by atoms with Gasteiger partial charge in [0, 0.05) is 38.5 Å². The molecule has 1 N–H and O–H groups in total. The molecule has 2 heterocycles. The molecule has 2 saturated carbocycles. The highest BCUT2D eigenvalue weighted by atomic mass is 19.4. The monoisotopic (exact) mass is 543 g/mol. The number of halogens is 4. The number of methoxy groups -OCH3 is 1. The van der Waals surface area contributed by atoms with E-state index >= 15 is 0 Å². The normalized spacial score (nSPS) is 23.6. The Kier molecular flexibility index (Phi) is 6.07. The van der Waals surface area contributed by atoms with Crippen molar-refractivity contribution in [1.82, 2.24) is 20.1 Å². The van der Waals surface area contributed by atoms with E-state index in [-0.39, 0.29) is 36.9 Å². The standard InChI is InChI=1S/C28H29F4N5O2/c1-36-16-34-35-25(36)27(11-20(12-27)39-2)18-4-3-5-19(10-18)37-14-22-21(24(37)38)8-17(9-23(22)28(30,31)32)13-33-15-26(29)6-7-26/h3-5,8-10,16,20,33H,6-7,11-15H2,1-2H3/t20-,27-. The van der Waals surface area contributed by atoms with Crippen LogP contribution in [-0.2, 0) is 36.5 Å². The van der Waals surface area contributed by atoms with Crippen LogP contribution < -0.4 is 10.2 Å². The van der Waals surface area contributed by atoms with E-state index in [1.54, 1.807) is 19.5 Å². The van der Waals surface area contributed by atoms with E-state index in [4.69, 9.17) is 4.74 Å². The quantitative estimate of drug-likeness (QED) is 0.418. The Hall–Kier alpha value is -3.31. The summed E-state index contributed by atoms with van der Waals surface area (Å²) in [5.74, 6) is 0.275. The van der Waals surface area contributed by atoms with E-state index in [0.717, 1.165) is 17.5 Å². The molecule has 0 saturated heterocycles. The van der Waals surface area contributed by atoms with Crippen molar-refractivity contribution in [3.8, 4) is 0 Å². The van der Waals surface area contributed by atoms with Crippen molar-refractivity contribution in [2.45, 2.75) is 62.1 Å². The fourth-order valence-corrected chi connectivity index (χ4v) is 5.89. The molecule has 2 fully saturated rings. The number of hydrogen-bond donors (Lipinski definition) is 1. The number of nitrogens with zero attached hydrogens (tertiary/aromatic N) is 4. The van der Waals surface area contributed by atoms with Crippen molar-refractivity contribution < 1.29 is 27.1 Å². The average molecular weight is 544 g/mol. The van der Waals surface area contributed by atoms with Crippen molar-refractivity contribution in [3.63, 3.8) is 0 Å². The number of fused-ring (bicyclic) bond motifs is 1. The second-order valence-electron chi connectivity index (χ2n) is 11.0. The molecule has 0 spiro atoms. The van der Waals surface area contributed by atoms with Gasteiger partial charge < -0.3 is 19.5 Å². The SMILES string of the molecule is CO[C@H]1C[C@](c2cccc(N3Cc4c(cc(CNCC5(F)CC5)cc4C(F)(F)F)C3=O)c2)(c2nncn2C)C1. The highest BCUT2D eigenvalue weighted by molar-refractivity contribution is 6.10. The molecule has 2 aromatic carbocycles. The number of aryl methyl sites for hydroxylation is 1. The molecule has 3 aliphatic rings. The Morgan fingerprint density at radius 3 is 2.59 bits per heavy atom. The molecule has 39 heavy (non-hydrogen) atoms. The van der Waals surface area contributed by atoms with Crippen molar-refractivity contribution in [1.29, 1.82) is 0 Å². The average Bonchev–Trinajstić information content (AvgIpc) is 3.29. The number of nitrogens with one attached hydrogen (secondary N) is 1. The molecule has 0 unspecified atom stereocenters. The maximum Gasteiger partial charge on any atom is 0.416 e. The number of alkyl halides is 4. The highest BCUT2D eigenvalue weighted by Gasteiger charge is 2.50. The Morgan fingerprint density at radius 1 is 1.18 bits per heavy atom. The zero-order chi connectivity index (χ0) is 27.6. The molecular weight excluding hydrogens is 514 g/mol. The van der Waals surface area contributed by atoms with E-state index in [2.05, 4.69) is 15.5 Å². The van der Waals surface area contributed by atoms with Gasteiger partial charge in [0.25, 0.3) is 5.91 Å². The lowest BCUT2D eigenvalue weighted by Crippen LogP contribution is -2.48. The van der Waals surface area contributed by atoms with Gasteiger partial charge in [-0.3, -0.25) is 4.79 Å². The first kappa shape index (κ1) is 25.9. The number of benzene rings is 2. The van der Waals surface area contributed by atoms with Crippen LogP contribution in [-0.4, -0.2) is 46.1 Å². The fraction of sp³-hybridized carbons (Fsp3) is 0.464. The van der Waals surface area contributed by atoms with E-state index < -0.39 is 28.7 Å². The molecule has 1 aliphatic heterocycles. The number of ether oxygens (including phenoxy) is 1. The number of anilines is 1. The van der Waals surface area contributed by atoms with Gasteiger partial charge in [0.15, 0.2) is 0 Å². The molecule has 0 radical (unpaired) electrons. The summed E-state index contributed by atoms with van der Waals surface area (Å²) in [5, 5.41) is 11.3. The zero-order valence-electron chi connectivity index (χ0n) is 21.7. The third kappa shape index (κ3) is 4.51. The summed E-state index contributed by atoms with van der Waals surface area (Å²) in [4.78, 5) is 14.9. The van der Waals surface area contributed by atoms with Crippen LogP contribution in [0.15, 0.2) is 42.7 Å². The molecule has 11 heteroatoms. The van der Waals surface area contributed by atoms with E-state index in [1.165, 1.54) is 11.0 Å². The molecule has 3 aromatic rings. The van der Waals surface area contributed by atoms with Gasteiger partial charge in [0.05, 0.1) is 23.6 Å². The fourth-order valence-electron chi connectivity index (χ4n) is 5.89. The van der Waals surface area contributed by atoms with Gasteiger partial charge in [-0.25, -0.2) is 4.39 Å². The topological polar surface area (TPSA) is 72.3 Å². The molecule has 206 valence electrons. The van der Waals surface area contributed by atoms with Gasteiger partial charge in [-0.2, -0.15) is 13.2 Å². The van der Waals surface area contributed by atoms with Gasteiger partial charge in [-0.1, -0.05) is 12.1 Å². The summed E-state index contributed by atoms with van der Waals surface area (Å²) in [7, 11) is 3.52. The Labute approximate surface area is 223 Å². The van der Waals surface area contributed by atoms with Crippen LogP contribution in [0.1, 0.15) is 64.1 Å². The number of rotatable bonds is 8. The summed E-state index contributed by atoms with van der Waals surface area (Å²) in [6.45, 7) is -0.0629. The Balaban J connectivity index is 1.32. The molecule has 0 atom stereocenters. The van der Waals surface area contributed by atoms with Crippen LogP contribution in [0.25, 0.3) is 0 Å². The smallest absolute Gasteiger partial charge is 0.381 e. The molecule has 0 bridgehead atoms. The number of carbonyl (C=O) groups is 1. The van der Waals surface area contributed by atoms with E-state index in [0.29, 0.717) is 36.9 Å². The minimum atomic E-state index is -4.63. The lowest BCUT2D eigenvalue weighted by molar-refractivity contribution is -0.138. The maximum absolute atomic E-state index is 14.1. The van der Waals surface area contributed by atoms with Crippen molar-refractivity contribution in [2.75, 3.05) is 18.6 Å². The Bertz CT molecular complexity index is 1430. The number of hydrogen-bond acceptors (Lipinski definition) is 5. The lowest BCUT2D eigenvalue weighted by Gasteiger charge is -2.46. The number of aromatic nitrogens is 3.